The minimum absolute atomic E-state index is 0.380. The predicted molar refractivity (Wildman–Crippen MR) is 105 cm³/mol. The molecule has 0 aliphatic carbocycles. The Morgan fingerprint density at radius 2 is 0.389 bits per heavy atom. The maximum atomic E-state index is 4.72. The van der Waals surface area contributed by atoms with Crippen molar-refractivity contribution in [2.75, 3.05) is 80.0 Å². The number of hydrogen-bond acceptors (Lipinski definition) is 0. The van der Waals surface area contributed by atoms with Crippen LogP contribution in [0.25, 0.3) is 0 Å². The van der Waals surface area contributed by atoms with E-state index in [1.165, 1.54) is 0 Å². The molecule has 0 aliphatic rings. The van der Waals surface area contributed by atoms with Crippen molar-refractivity contribution in [3.63, 3.8) is 0 Å². The van der Waals surface area contributed by atoms with Crippen LogP contribution in [0.3, 0.4) is 0 Å². The standard InChI is InChI=1S/4C3H9P.ClH.W/c4*1-4(2)3;;/h4*1-3H3;1H;/q;;;;;+1/p-1. The molecule has 0 radical (unpaired) electrons. The Hall–Kier alpha value is 2.70. The van der Waals surface area contributed by atoms with E-state index < -0.39 is 0 Å². The summed E-state index contributed by atoms with van der Waals surface area (Å²) in [6.07, 6.45) is 0. The van der Waals surface area contributed by atoms with Crippen LogP contribution in [0.5, 0.6) is 0 Å². The molecular weight excluding hydrogens is 487 g/mol. The normalized spacial score (nSPS) is 8.28. The molecule has 6 heteroatoms. The van der Waals surface area contributed by atoms with Gasteiger partial charge in [-0.25, -0.2) is 0 Å². The van der Waals surface area contributed by atoms with Crippen LogP contribution in [0, 0.1) is 0 Å². The molecule has 0 atom stereocenters. The van der Waals surface area contributed by atoms with E-state index in [0.717, 1.165) is 18.8 Å². The van der Waals surface area contributed by atoms with Crippen LogP contribution in [0.15, 0.2) is 0 Å². The molecule has 117 valence electrons. The van der Waals surface area contributed by atoms with Crippen LogP contribution in [0.4, 0.5) is 0 Å². The van der Waals surface area contributed by atoms with Crippen LogP contribution < -0.4 is 0 Å². The molecule has 18 heavy (non-hydrogen) atoms. The first-order valence-corrected chi connectivity index (χ1v) is 19.9. The van der Waals surface area contributed by atoms with E-state index in [1.54, 1.807) is 0 Å². The van der Waals surface area contributed by atoms with Crippen LogP contribution in [0.2, 0.25) is 0 Å². The van der Waals surface area contributed by atoms with Crippen LogP contribution >= 0.6 is 41.1 Å². The second-order valence-corrected chi connectivity index (χ2v) is 16.1. The zero-order valence-corrected chi connectivity index (χ0v) is 21.8. The molecule has 0 rings (SSSR count). The molecule has 0 amide bonds. The summed E-state index contributed by atoms with van der Waals surface area (Å²) < 4.78 is 0. The van der Waals surface area contributed by atoms with Crippen molar-refractivity contribution in [3.05, 3.63) is 0 Å². The van der Waals surface area contributed by atoms with E-state index >= 15 is 0 Å². The van der Waals surface area contributed by atoms with Gasteiger partial charge in [0.05, 0.1) is 0 Å². The zero-order chi connectivity index (χ0) is 16.3. The molecule has 0 aliphatic heterocycles. The summed E-state index contributed by atoms with van der Waals surface area (Å²) in [5.41, 5.74) is 0. The van der Waals surface area contributed by atoms with Crippen LogP contribution in [0.1, 0.15) is 0 Å². The topological polar surface area (TPSA) is 0 Å². The van der Waals surface area contributed by atoms with Gasteiger partial charge in [-0.1, -0.05) is 0 Å². The van der Waals surface area contributed by atoms with Crippen molar-refractivity contribution in [2.45, 2.75) is 0 Å². The van der Waals surface area contributed by atoms with Gasteiger partial charge in [0.2, 0.25) is 0 Å². The van der Waals surface area contributed by atoms with E-state index in [2.05, 4.69) is 80.0 Å². The Bertz CT molecular complexity index is 67.1. The van der Waals surface area contributed by atoms with Crippen molar-refractivity contribution >= 4 is 41.1 Å². The van der Waals surface area contributed by atoms with Crippen molar-refractivity contribution in [2.24, 2.45) is 0 Å². The van der Waals surface area contributed by atoms with E-state index in [-0.39, 0.29) is 0 Å². The fourth-order valence-corrected chi connectivity index (χ4v) is 0. The molecule has 0 aromatic heterocycles. The third-order valence-corrected chi connectivity index (χ3v) is 0. The summed E-state index contributed by atoms with van der Waals surface area (Å²) in [7, 11) is 6.24. The average Bonchev–Trinajstić information content (AvgIpc) is 2.01. The van der Waals surface area contributed by atoms with Crippen LogP contribution in [-0.4, -0.2) is 80.0 Å². The molecule has 0 nitrogen and oxygen atoms in total. The maximum absolute atomic E-state index is 4.72. The molecule has 0 aromatic carbocycles. The SMILES string of the molecule is CP(C)C.CP(C)C.CP(C)C.CP(C)C.[Cl][W]. The molecule has 0 unspecified atom stereocenters. The Morgan fingerprint density at radius 1 is 0.389 bits per heavy atom. The van der Waals surface area contributed by atoms with Gasteiger partial charge in [-0.05, 0) is 80.0 Å². The molecule has 0 aromatic rings. The fraction of sp³-hybridized carbons (Fsp3) is 1.00. The summed E-state index contributed by atoms with van der Waals surface area (Å²) in [5, 5.41) is 0. The van der Waals surface area contributed by atoms with Gasteiger partial charge in [0, 0.05) is 0 Å². The van der Waals surface area contributed by atoms with Gasteiger partial charge >= 0.3 is 28.2 Å². The molecular formula is C12H36ClP4W. The van der Waals surface area contributed by atoms with Gasteiger partial charge in [0.1, 0.15) is 0 Å². The zero-order valence-electron chi connectivity index (χ0n) is 14.6. The molecule has 0 heterocycles. The van der Waals surface area contributed by atoms with E-state index in [4.69, 9.17) is 9.42 Å². The first-order valence-electron chi connectivity index (χ1n) is 5.52. The molecule has 0 saturated carbocycles. The summed E-state index contributed by atoms with van der Waals surface area (Å²) in [4.78, 5) is 0. The quantitative estimate of drug-likeness (QED) is 0.336. The first kappa shape index (κ1) is 32.6. The van der Waals surface area contributed by atoms with Gasteiger partial charge in [-0.3, -0.25) is 0 Å². The number of hydrogen-bond donors (Lipinski definition) is 0. The van der Waals surface area contributed by atoms with E-state index in [1.807, 2.05) is 0 Å². The predicted octanol–water partition coefficient (Wildman–Crippen LogP) is 6.12. The van der Waals surface area contributed by atoms with Gasteiger partial charge in [-0.2, -0.15) is 0 Å². The van der Waals surface area contributed by atoms with Crippen LogP contribution in [-0.2, 0) is 18.8 Å². The van der Waals surface area contributed by atoms with E-state index in [9.17, 15) is 0 Å². The minimum atomic E-state index is 0.380. The van der Waals surface area contributed by atoms with Gasteiger partial charge < -0.3 is 0 Å². The molecule has 0 spiro atoms. The Balaban J connectivity index is -0.0000000399. The van der Waals surface area contributed by atoms with Gasteiger partial charge in [0.15, 0.2) is 0 Å². The summed E-state index contributed by atoms with van der Waals surface area (Å²) in [6, 6.07) is 0. The molecule has 0 fully saturated rings. The van der Waals surface area contributed by atoms with E-state index in [0.29, 0.717) is 31.7 Å². The monoisotopic (exact) mass is 523 g/mol. The molecule has 0 bridgehead atoms. The van der Waals surface area contributed by atoms with Crippen molar-refractivity contribution in [3.8, 4) is 0 Å². The van der Waals surface area contributed by atoms with Crippen molar-refractivity contribution < 1.29 is 18.8 Å². The average molecular weight is 524 g/mol. The second kappa shape index (κ2) is 31.9. The first-order chi connectivity index (χ1) is 7.93. The Labute approximate surface area is 139 Å². The fourth-order valence-electron chi connectivity index (χ4n) is 0. The number of halogens is 1. The summed E-state index contributed by atoms with van der Waals surface area (Å²) >= 11 is 1.06. The van der Waals surface area contributed by atoms with Gasteiger partial charge in [0.25, 0.3) is 0 Å². The molecule has 0 N–H and O–H groups in total. The second-order valence-electron chi connectivity index (χ2n) is 5.37. The van der Waals surface area contributed by atoms with Crippen molar-refractivity contribution in [1.82, 2.24) is 0 Å². The Kier molecular flexibility index (Phi) is 57.7. The molecule has 0 saturated heterocycles. The number of rotatable bonds is 0. The summed E-state index contributed by atoms with van der Waals surface area (Å²) in [6.45, 7) is 26.8. The third-order valence-electron chi connectivity index (χ3n) is 0. The van der Waals surface area contributed by atoms with Gasteiger partial charge in [-0.15, -0.1) is 31.7 Å². The Morgan fingerprint density at radius 3 is 0.389 bits per heavy atom. The van der Waals surface area contributed by atoms with Crippen molar-refractivity contribution in [1.29, 1.82) is 0 Å². The third kappa shape index (κ3) is 804. The summed E-state index contributed by atoms with van der Waals surface area (Å²) in [5.74, 6) is 0.